The third kappa shape index (κ3) is 3.44. The SMILES string of the molecule is COCC1(CN2CCN(C)C(C)C2)CCNCC1. The Labute approximate surface area is 112 Å². The molecule has 0 aromatic heterocycles. The minimum Gasteiger partial charge on any atom is -0.384 e. The van der Waals surface area contributed by atoms with Crippen molar-refractivity contribution in [2.45, 2.75) is 25.8 Å². The molecule has 106 valence electrons. The number of hydrogen-bond donors (Lipinski definition) is 1. The summed E-state index contributed by atoms with van der Waals surface area (Å²) in [5.41, 5.74) is 0.385. The van der Waals surface area contributed by atoms with Crippen LogP contribution in [0.25, 0.3) is 0 Å². The molecule has 1 atom stereocenters. The van der Waals surface area contributed by atoms with E-state index in [1.165, 1.54) is 39.0 Å². The van der Waals surface area contributed by atoms with Crippen molar-refractivity contribution >= 4 is 0 Å². The zero-order chi connectivity index (χ0) is 13.0. The van der Waals surface area contributed by atoms with E-state index in [0.717, 1.165) is 19.7 Å². The van der Waals surface area contributed by atoms with Gasteiger partial charge in [-0.2, -0.15) is 0 Å². The zero-order valence-electron chi connectivity index (χ0n) is 12.2. The van der Waals surface area contributed by atoms with Crippen LogP contribution in [-0.2, 0) is 4.74 Å². The highest BCUT2D eigenvalue weighted by molar-refractivity contribution is 4.89. The molecule has 0 aliphatic carbocycles. The smallest absolute Gasteiger partial charge is 0.0531 e. The molecule has 1 unspecified atom stereocenters. The molecule has 2 aliphatic heterocycles. The van der Waals surface area contributed by atoms with Crippen molar-refractivity contribution in [3.05, 3.63) is 0 Å². The Morgan fingerprint density at radius 3 is 2.61 bits per heavy atom. The molecular formula is C14H29N3O. The fourth-order valence-corrected chi connectivity index (χ4v) is 3.35. The molecule has 0 spiro atoms. The summed E-state index contributed by atoms with van der Waals surface area (Å²) >= 11 is 0. The largest absolute Gasteiger partial charge is 0.384 e. The lowest BCUT2D eigenvalue weighted by atomic mass is 9.79. The van der Waals surface area contributed by atoms with Crippen LogP contribution in [0.5, 0.6) is 0 Å². The second-order valence-electron chi connectivity index (χ2n) is 6.25. The highest BCUT2D eigenvalue weighted by atomic mass is 16.5. The van der Waals surface area contributed by atoms with E-state index < -0.39 is 0 Å². The molecule has 0 amide bonds. The summed E-state index contributed by atoms with van der Waals surface area (Å²) in [4.78, 5) is 5.11. The summed E-state index contributed by atoms with van der Waals surface area (Å²) in [6.45, 7) is 10.4. The van der Waals surface area contributed by atoms with E-state index in [1.807, 2.05) is 7.11 Å². The zero-order valence-corrected chi connectivity index (χ0v) is 12.2. The molecule has 18 heavy (non-hydrogen) atoms. The van der Waals surface area contributed by atoms with Crippen LogP contribution in [0.15, 0.2) is 0 Å². The first-order valence-electron chi connectivity index (χ1n) is 7.27. The quantitative estimate of drug-likeness (QED) is 0.798. The molecule has 2 fully saturated rings. The van der Waals surface area contributed by atoms with Crippen LogP contribution in [-0.4, -0.2) is 75.9 Å². The van der Waals surface area contributed by atoms with Crippen LogP contribution >= 0.6 is 0 Å². The van der Waals surface area contributed by atoms with Gasteiger partial charge >= 0.3 is 0 Å². The second-order valence-corrected chi connectivity index (χ2v) is 6.25. The molecule has 0 aromatic rings. The predicted molar refractivity (Wildman–Crippen MR) is 74.9 cm³/mol. The minimum absolute atomic E-state index is 0.385. The van der Waals surface area contributed by atoms with Gasteiger partial charge in [0.25, 0.3) is 0 Å². The Morgan fingerprint density at radius 2 is 2.00 bits per heavy atom. The number of nitrogens with zero attached hydrogens (tertiary/aromatic N) is 2. The Kier molecular flexibility index (Phi) is 5.01. The highest BCUT2D eigenvalue weighted by Gasteiger charge is 2.35. The molecule has 0 radical (unpaired) electrons. The van der Waals surface area contributed by atoms with Crippen molar-refractivity contribution in [3.63, 3.8) is 0 Å². The number of ether oxygens (including phenoxy) is 1. The topological polar surface area (TPSA) is 27.7 Å². The predicted octanol–water partition coefficient (Wildman–Crippen LogP) is 0.639. The van der Waals surface area contributed by atoms with Gasteiger partial charge < -0.3 is 15.0 Å². The van der Waals surface area contributed by atoms with Gasteiger partial charge in [-0.05, 0) is 39.9 Å². The van der Waals surface area contributed by atoms with Gasteiger partial charge in [-0.25, -0.2) is 0 Å². The third-order valence-electron chi connectivity index (χ3n) is 4.72. The maximum atomic E-state index is 5.51. The number of hydrogen-bond acceptors (Lipinski definition) is 4. The van der Waals surface area contributed by atoms with E-state index in [9.17, 15) is 0 Å². The van der Waals surface area contributed by atoms with Gasteiger partial charge in [0, 0.05) is 44.7 Å². The molecule has 2 rings (SSSR count). The summed E-state index contributed by atoms with van der Waals surface area (Å²) in [6.07, 6.45) is 2.50. The van der Waals surface area contributed by atoms with Gasteiger partial charge in [0.05, 0.1) is 6.61 Å². The lowest BCUT2D eigenvalue weighted by Crippen LogP contribution is -2.55. The van der Waals surface area contributed by atoms with Crippen LogP contribution in [0.1, 0.15) is 19.8 Å². The van der Waals surface area contributed by atoms with Gasteiger partial charge in [0.1, 0.15) is 0 Å². The van der Waals surface area contributed by atoms with Crippen LogP contribution in [0.2, 0.25) is 0 Å². The number of nitrogens with one attached hydrogen (secondary N) is 1. The maximum absolute atomic E-state index is 5.51. The monoisotopic (exact) mass is 255 g/mol. The van der Waals surface area contributed by atoms with Crippen LogP contribution in [0, 0.1) is 5.41 Å². The number of rotatable bonds is 4. The van der Waals surface area contributed by atoms with E-state index in [4.69, 9.17) is 4.74 Å². The molecule has 0 saturated carbocycles. The van der Waals surface area contributed by atoms with E-state index in [0.29, 0.717) is 11.5 Å². The third-order valence-corrected chi connectivity index (χ3v) is 4.72. The Hall–Kier alpha value is -0.160. The van der Waals surface area contributed by atoms with Crippen LogP contribution in [0.3, 0.4) is 0 Å². The second kappa shape index (κ2) is 6.33. The van der Waals surface area contributed by atoms with Gasteiger partial charge in [0.15, 0.2) is 0 Å². The number of piperazine rings is 1. The van der Waals surface area contributed by atoms with Gasteiger partial charge in [-0.1, -0.05) is 0 Å². The first kappa shape index (κ1) is 14.3. The fourth-order valence-electron chi connectivity index (χ4n) is 3.35. The number of likely N-dealkylation sites (N-methyl/N-ethyl adjacent to an activating group) is 1. The summed E-state index contributed by atoms with van der Waals surface area (Å²) in [6, 6.07) is 0.681. The fraction of sp³-hybridized carbons (Fsp3) is 1.00. The van der Waals surface area contributed by atoms with Crippen molar-refractivity contribution in [1.82, 2.24) is 15.1 Å². The van der Waals surface area contributed by atoms with Crippen molar-refractivity contribution in [1.29, 1.82) is 0 Å². The summed E-state index contributed by atoms with van der Waals surface area (Å²) in [5.74, 6) is 0. The van der Waals surface area contributed by atoms with E-state index in [2.05, 4.69) is 29.1 Å². The highest BCUT2D eigenvalue weighted by Crippen LogP contribution is 2.30. The van der Waals surface area contributed by atoms with E-state index >= 15 is 0 Å². The van der Waals surface area contributed by atoms with Gasteiger partial charge in [-0.3, -0.25) is 4.90 Å². The Bertz CT molecular complexity index is 248. The average molecular weight is 255 g/mol. The lowest BCUT2D eigenvalue weighted by molar-refractivity contribution is 0.00176. The van der Waals surface area contributed by atoms with E-state index in [-0.39, 0.29) is 0 Å². The molecule has 2 saturated heterocycles. The molecule has 2 heterocycles. The molecular weight excluding hydrogens is 226 g/mol. The summed E-state index contributed by atoms with van der Waals surface area (Å²) in [5, 5.41) is 3.47. The van der Waals surface area contributed by atoms with Crippen molar-refractivity contribution in [2.75, 3.05) is 60.0 Å². The number of piperidine rings is 1. The summed E-state index contributed by atoms with van der Waals surface area (Å²) in [7, 11) is 4.08. The Morgan fingerprint density at radius 1 is 1.28 bits per heavy atom. The molecule has 1 N–H and O–H groups in total. The first-order valence-corrected chi connectivity index (χ1v) is 7.27. The maximum Gasteiger partial charge on any atom is 0.0531 e. The molecule has 2 aliphatic rings. The molecule has 4 heteroatoms. The Balaban J connectivity index is 1.92. The van der Waals surface area contributed by atoms with Crippen LogP contribution < -0.4 is 5.32 Å². The van der Waals surface area contributed by atoms with Crippen molar-refractivity contribution in [2.24, 2.45) is 5.41 Å². The van der Waals surface area contributed by atoms with Gasteiger partial charge in [-0.15, -0.1) is 0 Å². The average Bonchev–Trinajstić information content (AvgIpc) is 2.35. The number of methoxy groups -OCH3 is 1. The summed E-state index contributed by atoms with van der Waals surface area (Å²) < 4.78 is 5.51. The van der Waals surface area contributed by atoms with Crippen molar-refractivity contribution in [3.8, 4) is 0 Å². The first-order chi connectivity index (χ1) is 8.65. The lowest BCUT2D eigenvalue weighted by Gasteiger charge is -2.45. The van der Waals surface area contributed by atoms with E-state index in [1.54, 1.807) is 0 Å². The van der Waals surface area contributed by atoms with Crippen LogP contribution in [0.4, 0.5) is 0 Å². The molecule has 0 bridgehead atoms. The standard InChI is InChI=1S/C14H29N3O/c1-13-10-17(9-8-16(13)2)11-14(12-18-3)4-6-15-7-5-14/h13,15H,4-12H2,1-3H3. The van der Waals surface area contributed by atoms with Gasteiger partial charge in [0.2, 0.25) is 0 Å². The molecule has 0 aromatic carbocycles. The minimum atomic E-state index is 0.385. The normalized spacial score (nSPS) is 30.5. The molecule has 4 nitrogen and oxygen atoms in total. The van der Waals surface area contributed by atoms with Crippen molar-refractivity contribution < 1.29 is 4.74 Å².